The van der Waals surface area contributed by atoms with Crippen LogP contribution in [-0.4, -0.2) is 9.97 Å². The van der Waals surface area contributed by atoms with E-state index < -0.39 is 0 Å². The Morgan fingerprint density at radius 2 is 2.06 bits per heavy atom. The lowest BCUT2D eigenvalue weighted by Crippen LogP contribution is -1.98. The highest BCUT2D eigenvalue weighted by Gasteiger charge is 2.10. The Balaban J connectivity index is 2.67. The highest BCUT2D eigenvalue weighted by molar-refractivity contribution is 7.71. The molecule has 1 aromatic heterocycles. The number of nitrogens with zero attached hydrogens (tertiary/aromatic N) is 1. The Labute approximate surface area is 113 Å². The maximum Gasteiger partial charge on any atom is 0.133 e. The van der Waals surface area contributed by atoms with Gasteiger partial charge in [-0.25, -0.2) is 4.98 Å². The molecular weight excluding hydrogens is 240 g/mol. The van der Waals surface area contributed by atoms with E-state index >= 15 is 0 Å². The van der Waals surface area contributed by atoms with E-state index in [9.17, 15) is 0 Å². The van der Waals surface area contributed by atoms with E-state index in [0.717, 1.165) is 24.1 Å². The predicted molar refractivity (Wildman–Crippen MR) is 78.3 cm³/mol. The van der Waals surface area contributed by atoms with Gasteiger partial charge in [0.25, 0.3) is 0 Å². The minimum absolute atomic E-state index is 0.714. The van der Waals surface area contributed by atoms with E-state index in [4.69, 9.17) is 12.2 Å². The van der Waals surface area contributed by atoms with Gasteiger partial charge in [-0.05, 0) is 31.4 Å². The lowest BCUT2D eigenvalue weighted by molar-refractivity contribution is 0.898. The maximum atomic E-state index is 5.35. The molecule has 0 saturated carbocycles. The molecule has 1 N–H and O–H groups in total. The molecule has 18 heavy (non-hydrogen) atoms. The first-order valence-corrected chi connectivity index (χ1v) is 6.69. The zero-order chi connectivity index (χ0) is 13.1. The highest BCUT2D eigenvalue weighted by atomic mass is 32.1. The standard InChI is InChI=1S/C15H18N2S/c1-4-6-13-14(16-9-17-15(13)18)12-8-5-7-10(2)11(12)3/h5,7-9H,4,6H2,1-3H3,(H,16,17,18). The summed E-state index contributed by atoms with van der Waals surface area (Å²) in [5, 5.41) is 0. The van der Waals surface area contributed by atoms with Crippen LogP contribution in [0.5, 0.6) is 0 Å². The first-order valence-electron chi connectivity index (χ1n) is 6.28. The molecule has 2 nitrogen and oxygen atoms in total. The second-order valence-electron chi connectivity index (χ2n) is 4.56. The fourth-order valence-electron chi connectivity index (χ4n) is 2.17. The van der Waals surface area contributed by atoms with Gasteiger partial charge in [0, 0.05) is 11.1 Å². The van der Waals surface area contributed by atoms with Crippen LogP contribution in [0.4, 0.5) is 0 Å². The van der Waals surface area contributed by atoms with Crippen LogP contribution in [0.25, 0.3) is 11.3 Å². The van der Waals surface area contributed by atoms with Crippen LogP contribution in [-0.2, 0) is 6.42 Å². The summed E-state index contributed by atoms with van der Waals surface area (Å²) < 4.78 is 0.714. The summed E-state index contributed by atoms with van der Waals surface area (Å²) in [5.41, 5.74) is 6.10. The third-order valence-electron chi connectivity index (χ3n) is 3.32. The summed E-state index contributed by atoms with van der Waals surface area (Å²) in [6.07, 6.45) is 3.73. The number of hydrogen-bond donors (Lipinski definition) is 1. The van der Waals surface area contributed by atoms with Crippen molar-refractivity contribution in [2.24, 2.45) is 0 Å². The van der Waals surface area contributed by atoms with Gasteiger partial charge >= 0.3 is 0 Å². The Kier molecular flexibility index (Phi) is 3.92. The van der Waals surface area contributed by atoms with Crippen LogP contribution in [0.3, 0.4) is 0 Å². The number of benzene rings is 1. The number of nitrogens with one attached hydrogen (secondary N) is 1. The van der Waals surface area contributed by atoms with Crippen LogP contribution < -0.4 is 0 Å². The van der Waals surface area contributed by atoms with Gasteiger partial charge in [-0.1, -0.05) is 43.8 Å². The molecule has 0 aliphatic carbocycles. The molecule has 0 amide bonds. The fourth-order valence-corrected chi connectivity index (χ4v) is 2.43. The summed E-state index contributed by atoms with van der Waals surface area (Å²) in [5.74, 6) is 0. The average Bonchev–Trinajstić information content (AvgIpc) is 2.36. The Hall–Kier alpha value is -1.48. The molecule has 2 rings (SSSR count). The Morgan fingerprint density at radius 1 is 1.28 bits per heavy atom. The van der Waals surface area contributed by atoms with Crippen molar-refractivity contribution in [3.63, 3.8) is 0 Å². The topological polar surface area (TPSA) is 28.7 Å². The van der Waals surface area contributed by atoms with E-state index in [-0.39, 0.29) is 0 Å². The van der Waals surface area contributed by atoms with Gasteiger partial charge in [-0.3, -0.25) is 0 Å². The van der Waals surface area contributed by atoms with Gasteiger partial charge in [0.15, 0.2) is 0 Å². The molecule has 2 aromatic rings. The third kappa shape index (κ3) is 2.36. The van der Waals surface area contributed by atoms with E-state index in [1.165, 1.54) is 16.7 Å². The van der Waals surface area contributed by atoms with Crippen molar-refractivity contribution < 1.29 is 0 Å². The molecule has 0 spiro atoms. The van der Waals surface area contributed by atoms with Crippen LogP contribution in [0.1, 0.15) is 30.0 Å². The Bertz CT molecular complexity index is 614. The van der Waals surface area contributed by atoms with Crippen molar-refractivity contribution in [3.8, 4) is 11.3 Å². The monoisotopic (exact) mass is 258 g/mol. The molecule has 3 heteroatoms. The Morgan fingerprint density at radius 3 is 2.78 bits per heavy atom. The summed E-state index contributed by atoms with van der Waals surface area (Å²) >= 11 is 5.35. The molecule has 1 heterocycles. The summed E-state index contributed by atoms with van der Waals surface area (Å²) in [6, 6.07) is 6.36. The van der Waals surface area contributed by atoms with Crippen LogP contribution in [0.2, 0.25) is 0 Å². The lowest BCUT2D eigenvalue weighted by atomic mass is 9.97. The number of H-pyrrole nitrogens is 1. The van der Waals surface area contributed by atoms with E-state index in [1.54, 1.807) is 6.33 Å². The number of rotatable bonds is 3. The van der Waals surface area contributed by atoms with Gasteiger partial charge in [-0.15, -0.1) is 0 Å². The second kappa shape index (κ2) is 5.44. The highest BCUT2D eigenvalue weighted by Crippen LogP contribution is 2.27. The maximum absolute atomic E-state index is 5.35. The smallest absolute Gasteiger partial charge is 0.133 e. The zero-order valence-corrected chi connectivity index (χ0v) is 11.9. The molecule has 0 radical (unpaired) electrons. The molecule has 0 atom stereocenters. The molecule has 0 aliphatic rings. The summed E-state index contributed by atoms with van der Waals surface area (Å²) in [6.45, 7) is 6.44. The van der Waals surface area contributed by atoms with Crippen molar-refractivity contribution >= 4 is 12.2 Å². The zero-order valence-electron chi connectivity index (χ0n) is 11.1. The molecule has 94 valence electrons. The van der Waals surface area contributed by atoms with E-state index in [0.29, 0.717) is 4.64 Å². The van der Waals surface area contributed by atoms with Crippen LogP contribution in [0.15, 0.2) is 24.5 Å². The minimum atomic E-state index is 0.714. The average molecular weight is 258 g/mol. The van der Waals surface area contributed by atoms with Crippen LogP contribution in [0, 0.1) is 18.5 Å². The summed E-state index contributed by atoms with van der Waals surface area (Å²) in [7, 11) is 0. The SMILES string of the molecule is CCCc1c(-c2cccc(C)c2C)[nH]cnc1=S. The number of aryl methyl sites for hydroxylation is 1. The molecule has 0 aliphatic heterocycles. The van der Waals surface area contributed by atoms with Crippen molar-refractivity contribution in [1.29, 1.82) is 0 Å². The third-order valence-corrected chi connectivity index (χ3v) is 3.68. The second-order valence-corrected chi connectivity index (χ2v) is 4.95. The lowest BCUT2D eigenvalue weighted by Gasteiger charge is -2.12. The number of hydrogen-bond acceptors (Lipinski definition) is 2. The molecule has 1 aromatic carbocycles. The fraction of sp³-hybridized carbons (Fsp3) is 0.333. The number of aromatic nitrogens is 2. The molecule has 0 bridgehead atoms. The van der Waals surface area contributed by atoms with E-state index in [1.807, 2.05) is 0 Å². The van der Waals surface area contributed by atoms with Gasteiger partial charge in [-0.2, -0.15) is 0 Å². The summed E-state index contributed by atoms with van der Waals surface area (Å²) in [4.78, 5) is 7.46. The predicted octanol–water partition coefficient (Wildman–Crippen LogP) is 4.38. The quantitative estimate of drug-likeness (QED) is 0.828. The van der Waals surface area contributed by atoms with Crippen molar-refractivity contribution in [2.75, 3.05) is 0 Å². The van der Waals surface area contributed by atoms with Gasteiger partial charge < -0.3 is 4.98 Å². The molecular formula is C15H18N2S. The van der Waals surface area contributed by atoms with Crippen molar-refractivity contribution in [1.82, 2.24) is 9.97 Å². The normalized spacial score (nSPS) is 10.6. The molecule has 0 fully saturated rings. The van der Waals surface area contributed by atoms with Gasteiger partial charge in [0.1, 0.15) is 4.64 Å². The van der Waals surface area contributed by atoms with Gasteiger partial charge in [0.2, 0.25) is 0 Å². The van der Waals surface area contributed by atoms with Crippen LogP contribution >= 0.6 is 12.2 Å². The first kappa shape index (κ1) is 13.0. The van der Waals surface area contributed by atoms with E-state index in [2.05, 4.69) is 48.9 Å². The van der Waals surface area contributed by atoms with Gasteiger partial charge in [0.05, 0.1) is 12.0 Å². The minimum Gasteiger partial charge on any atom is -0.346 e. The van der Waals surface area contributed by atoms with Crippen molar-refractivity contribution in [3.05, 3.63) is 45.9 Å². The number of aromatic amines is 1. The first-order chi connectivity index (χ1) is 8.65. The van der Waals surface area contributed by atoms with Crippen molar-refractivity contribution in [2.45, 2.75) is 33.6 Å². The molecule has 0 unspecified atom stereocenters. The largest absolute Gasteiger partial charge is 0.346 e. The molecule has 0 saturated heterocycles.